The van der Waals surface area contributed by atoms with Gasteiger partial charge in [-0.2, -0.15) is 0 Å². The molecule has 0 radical (unpaired) electrons. The molecule has 1 aromatic carbocycles. The number of hydrogen-bond donors (Lipinski definition) is 2. The van der Waals surface area contributed by atoms with Gasteiger partial charge in [0, 0.05) is 12.1 Å². The highest BCUT2D eigenvalue weighted by Crippen LogP contribution is 2.34. The molecule has 0 bridgehead atoms. The van der Waals surface area contributed by atoms with Gasteiger partial charge in [-0.25, -0.2) is 0 Å². The highest BCUT2D eigenvalue weighted by Gasteiger charge is 2.18. The first-order valence-electron chi connectivity index (χ1n) is 5.59. The summed E-state index contributed by atoms with van der Waals surface area (Å²) in [5, 5.41) is 3.65. The first-order chi connectivity index (χ1) is 8.56. The van der Waals surface area contributed by atoms with Crippen LogP contribution in [0, 0.1) is 0 Å². The van der Waals surface area contributed by atoms with Gasteiger partial charge in [-0.05, 0) is 18.6 Å². The Labute approximate surface area is 114 Å². The molecule has 0 fully saturated rings. The van der Waals surface area contributed by atoms with Crippen molar-refractivity contribution in [2.75, 3.05) is 5.73 Å². The Morgan fingerprint density at radius 2 is 1.89 bits per heavy atom. The van der Waals surface area contributed by atoms with E-state index in [0.717, 1.165) is 6.42 Å². The van der Waals surface area contributed by atoms with E-state index in [4.69, 9.17) is 28.9 Å². The lowest BCUT2D eigenvalue weighted by Crippen LogP contribution is -2.17. The highest BCUT2D eigenvalue weighted by molar-refractivity contribution is 6.39. The molecular weight excluding hydrogens is 273 g/mol. The summed E-state index contributed by atoms with van der Waals surface area (Å²) in [5.74, 6) is 0.281. The fourth-order valence-electron chi connectivity index (χ4n) is 1.86. The van der Waals surface area contributed by atoms with Crippen molar-refractivity contribution in [1.29, 1.82) is 0 Å². The van der Waals surface area contributed by atoms with E-state index in [1.54, 1.807) is 18.2 Å². The lowest BCUT2D eigenvalue weighted by atomic mass is 10.1. The maximum atomic E-state index is 12.2. The van der Waals surface area contributed by atoms with Gasteiger partial charge in [0.2, 0.25) is 0 Å². The van der Waals surface area contributed by atoms with Crippen molar-refractivity contribution in [3.8, 4) is 11.1 Å². The molecule has 0 unspecified atom stereocenters. The summed E-state index contributed by atoms with van der Waals surface area (Å²) in [6.45, 7) is 2.55. The van der Waals surface area contributed by atoms with E-state index in [1.165, 1.54) is 4.68 Å². The van der Waals surface area contributed by atoms with Crippen LogP contribution in [0.3, 0.4) is 0 Å². The van der Waals surface area contributed by atoms with Crippen molar-refractivity contribution in [3.63, 3.8) is 0 Å². The molecule has 0 saturated carbocycles. The Bertz CT molecular complexity index is 610. The number of nitrogens with one attached hydrogen (secondary N) is 1. The molecule has 0 aliphatic carbocycles. The van der Waals surface area contributed by atoms with Crippen LogP contribution >= 0.6 is 23.2 Å². The summed E-state index contributed by atoms with van der Waals surface area (Å²) in [7, 11) is 0. The molecule has 18 heavy (non-hydrogen) atoms. The first kappa shape index (κ1) is 13.1. The van der Waals surface area contributed by atoms with Crippen molar-refractivity contribution in [2.45, 2.75) is 19.9 Å². The average Bonchev–Trinajstić information content (AvgIpc) is 2.57. The zero-order valence-corrected chi connectivity index (χ0v) is 11.3. The number of aromatic nitrogens is 2. The Hall–Kier alpha value is -1.39. The summed E-state index contributed by atoms with van der Waals surface area (Å²) in [6.07, 6.45) is 0.829. The Morgan fingerprint density at radius 3 is 2.44 bits per heavy atom. The molecule has 0 amide bonds. The third-order valence-corrected chi connectivity index (χ3v) is 3.27. The summed E-state index contributed by atoms with van der Waals surface area (Å²) in [6, 6.07) is 5.08. The molecule has 0 aliphatic rings. The minimum Gasteiger partial charge on any atom is -0.383 e. The van der Waals surface area contributed by atoms with Gasteiger partial charge in [-0.1, -0.05) is 36.2 Å². The third-order valence-electron chi connectivity index (χ3n) is 2.64. The molecule has 0 spiro atoms. The molecule has 2 rings (SSSR count). The van der Waals surface area contributed by atoms with E-state index in [0.29, 0.717) is 27.7 Å². The Kier molecular flexibility index (Phi) is 3.68. The zero-order valence-electron chi connectivity index (χ0n) is 9.84. The van der Waals surface area contributed by atoms with Crippen molar-refractivity contribution >= 4 is 29.0 Å². The smallest absolute Gasteiger partial charge is 0.276 e. The number of nitrogens with two attached hydrogens (primary N) is 1. The van der Waals surface area contributed by atoms with E-state index >= 15 is 0 Å². The van der Waals surface area contributed by atoms with Crippen LogP contribution in [0.4, 0.5) is 5.82 Å². The zero-order chi connectivity index (χ0) is 13.3. The summed E-state index contributed by atoms with van der Waals surface area (Å²) in [4.78, 5) is 12.2. The van der Waals surface area contributed by atoms with Gasteiger partial charge in [0.1, 0.15) is 5.82 Å². The van der Waals surface area contributed by atoms with Gasteiger partial charge < -0.3 is 5.73 Å². The maximum Gasteiger partial charge on any atom is 0.276 e. The lowest BCUT2D eigenvalue weighted by Gasteiger charge is -2.04. The number of aryl methyl sites for hydroxylation is 1. The van der Waals surface area contributed by atoms with Gasteiger partial charge in [0.05, 0.1) is 15.6 Å². The van der Waals surface area contributed by atoms with Crippen LogP contribution in [0.5, 0.6) is 0 Å². The average molecular weight is 286 g/mol. The molecule has 96 valence electrons. The molecule has 6 heteroatoms. The lowest BCUT2D eigenvalue weighted by molar-refractivity contribution is 0.588. The van der Waals surface area contributed by atoms with Crippen LogP contribution in [0.25, 0.3) is 11.1 Å². The van der Waals surface area contributed by atoms with Crippen LogP contribution in [-0.4, -0.2) is 9.78 Å². The number of nitrogen functional groups attached to an aromatic ring is 1. The second-order valence-corrected chi connectivity index (χ2v) is 4.77. The number of aromatic amines is 1. The molecule has 3 N–H and O–H groups in total. The topological polar surface area (TPSA) is 63.8 Å². The molecule has 1 heterocycles. The summed E-state index contributed by atoms with van der Waals surface area (Å²) < 4.78 is 1.46. The summed E-state index contributed by atoms with van der Waals surface area (Å²) in [5.41, 5.74) is 6.46. The van der Waals surface area contributed by atoms with Crippen LogP contribution < -0.4 is 11.3 Å². The SMILES string of the molecule is CCCn1[nH]c(N)c(-c2c(Cl)cccc2Cl)c1=O. The number of rotatable bonds is 3. The normalized spacial score (nSPS) is 10.8. The maximum absolute atomic E-state index is 12.2. The molecule has 0 aliphatic heterocycles. The second kappa shape index (κ2) is 5.08. The van der Waals surface area contributed by atoms with Crippen molar-refractivity contribution < 1.29 is 0 Å². The fraction of sp³-hybridized carbons (Fsp3) is 0.250. The molecule has 4 nitrogen and oxygen atoms in total. The number of nitrogens with zero attached hydrogens (tertiary/aromatic N) is 1. The van der Waals surface area contributed by atoms with E-state index < -0.39 is 0 Å². The van der Waals surface area contributed by atoms with Gasteiger partial charge in [0.15, 0.2) is 0 Å². The first-order valence-corrected chi connectivity index (χ1v) is 6.34. The standard InChI is InChI=1S/C12H13Cl2N3O/c1-2-6-17-12(18)10(11(15)16-17)9-7(13)4-3-5-8(9)14/h3-5,16H,2,6,15H2,1H3. The van der Waals surface area contributed by atoms with E-state index in [9.17, 15) is 4.79 Å². The highest BCUT2D eigenvalue weighted by atomic mass is 35.5. The van der Waals surface area contributed by atoms with Crippen LogP contribution in [-0.2, 0) is 6.54 Å². The molecule has 0 saturated heterocycles. The Morgan fingerprint density at radius 1 is 1.28 bits per heavy atom. The van der Waals surface area contributed by atoms with Crippen LogP contribution in [0.1, 0.15) is 13.3 Å². The number of halogens is 2. The van der Waals surface area contributed by atoms with E-state index in [2.05, 4.69) is 5.10 Å². The predicted octanol–water partition coefficient (Wildman–Crippen LogP) is 3.14. The second-order valence-electron chi connectivity index (χ2n) is 3.95. The number of H-pyrrole nitrogens is 1. The molecular formula is C12H13Cl2N3O. The van der Waals surface area contributed by atoms with Crippen LogP contribution in [0.15, 0.2) is 23.0 Å². The number of hydrogen-bond acceptors (Lipinski definition) is 2. The third kappa shape index (κ3) is 2.13. The molecule has 0 atom stereocenters. The van der Waals surface area contributed by atoms with E-state index in [-0.39, 0.29) is 11.4 Å². The predicted molar refractivity (Wildman–Crippen MR) is 75.2 cm³/mol. The minimum absolute atomic E-state index is 0.204. The minimum atomic E-state index is -0.204. The van der Waals surface area contributed by atoms with Gasteiger partial charge in [-0.3, -0.25) is 14.6 Å². The quantitative estimate of drug-likeness (QED) is 0.910. The van der Waals surface area contributed by atoms with E-state index in [1.807, 2.05) is 6.92 Å². The fourth-order valence-corrected chi connectivity index (χ4v) is 2.45. The van der Waals surface area contributed by atoms with Crippen LogP contribution in [0.2, 0.25) is 10.0 Å². The van der Waals surface area contributed by atoms with Crippen molar-refractivity contribution in [3.05, 3.63) is 38.6 Å². The largest absolute Gasteiger partial charge is 0.383 e. The number of anilines is 1. The van der Waals surface area contributed by atoms with Crippen molar-refractivity contribution in [1.82, 2.24) is 9.78 Å². The van der Waals surface area contributed by atoms with Gasteiger partial charge >= 0.3 is 0 Å². The molecule has 1 aromatic heterocycles. The molecule has 2 aromatic rings. The monoisotopic (exact) mass is 285 g/mol. The summed E-state index contributed by atoms with van der Waals surface area (Å²) >= 11 is 12.2. The number of benzene rings is 1. The van der Waals surface area contributed by atoms with Gasteiger partial charge in [-0.15, -0.1) is 0 Å². The Balaban J connectivity index is 2.68. The van der Waals surface area contributed by atoms with Gasteiger partial charge in [0.25, 0.3) is 5.56 Å². The van der Waals surface area contributed by atoms with Crippen molar-refractivity contribution in [2.24, 2.45) is 0 Å².